The van der Waals surface area contributed by atoms with E-state index in [9.17, 15) is 0 Å². The largest absolute Gasteiger partial charge is 0.494 e. The number of para-hydroxylation sites is 1. The molecule has 1 aromatic carbocycles. The fourth-order valence-corrected chi connectivity index (χ4v) is 3.17. The first-order valence-corrected chi connectivity index (χ1v) is 7.51. The predicted molar refractivity (Wildman–Crippen MR) is 77.3 cm³/mol. The summed E-state index contributed by atoms with van der Waals surface area (Å²) in [7, 11) is 0. The Kier molecular flexibility index (Phi) is 5.37. The molecule has 1 aliphatic carbocycles. The van der Waals surface area contributed by atoms with E-state index in [2.05, 4.69) is 6.92 Å². The van der Waals surface area contributed by atoms with Gasteiger partial charge in [0.25, 0.3) is 0 Å². The maximum Gasteiger partial charge on any atom is 0.119 e. The van der Waals surface area contributed by atoms with Crippen molar-refractivity contribution in [1.82, 2.24) is 0 Å². The molecular formula is C16H23ClO. The highest BCUT2D eigenvalue weighted by atomic mass is 35.5. The number of hydrogen-bond acceptors (Lipinski definition) is 1. The molecule has 2 heteroatoms. The van der Waals surface area contributed by atoms with E-state index < -0.39 is 0 Å². The molecule has 0 heterocycles. The highest BCUT2D eigenvalue weighted by molar-refractivity contribution is 6.20. The second kappa shape index (κ2) is 7.04. The Bertz CT molecular complexity index is 338. The van der Waals surface area contributed by atoms with E-state index in [0.29, 0.717) is 11.3 Å². The van der Waals surface area contributed by atoms with E-state index in [-0.39, 0.29) is 0 Å². The fraction of sp³-hybridized carbons (Fsp3) is 0.625. The third-order valence-electron chi connectivity index (χ3n) is 3.88. The number of rotatable bonds is 5. The highest BCUT2D eigenvalue weighted by Gasteiger charge is 2.26. The second-order valence-electron chi connectivity index (χ2n) is 5.50. The summed E-state index contributed by atoms with van der Waals surface area (Å²) in [4.78, 5) is 0. The average Bonchev–Trinajstić information content (AvgIpc) is 2.40. The maximum atomic E-state index is 6.40. The number of benzene rings is 1. The summed E-state index contributed by atoms with van der Waals surface area (Å²) in [5.74, 6) is 2.51. The van der Waals surface area contributed by atoms with Gasteiger partial charge in [-0.25, -0.2) is 0 Å². The van der Waals surface area contributed by atoms with Crippen LogP contribution in [0.5, 0.6) is 5.75 Å². The standard InChI is InChI=1S/C16H23ClO/c1-13-9-10-16(17)14(12-13)6-5-11-18-15-7-3-2-4-8-15/h2-4,7-8,13-14,16H,5-6,9-12H2,1H3. The molecule has 0 radical (unpaired) electrons. The minimum absolute atomic E-state index is 0.387. The monoisotopic (exact) mass is 266 g/mol. The van der Waals surface area contributed by atoms with Gasteiger partial charge >= 0.3 is 0 Å². The minimum atomic E-state index is 0.387. The Morgan fingerprint density at radius 3 is 2.78 bits per heavy atom. The Labute approximate surface area is 115 Å². The summed E-state index contributed by atoms with van der Waals surface area (Å²) in [6.45, 7) is 3.15. The van der Waals surface area contributed by atoms with Crippen molar-refractivity contribution in [2.45, 2.75) is 44.4 Å². The van der Waals surface area contributed by atoms with Gasteiger partial charge in [0.1, 0.15) is 5.75 Å². The molecule has 0 aliphatic heterocycles. The molecule has 1 saturated carbocycles. The second-order valence-corrected chi connectivity index (χ2v) is 6.06. The Hall–Kier alpha value is -0.690. The number of alkyl halides is 1. The van der Waals surface area contributed by atoms with E-state index in [1.807, 2.05) is 30.3 Å². The number of ether oxygens (including phenoxy) is 1. The van der Waals surface area contributed by atoms with Crippen LogP contribution in [0.15, 0.2) is 30.3 Å². The molecule has 1 fully saturated rings. The lowest BCUT2D eigenvalue weighted by Gasteiger charge is -2.31. The average molecular weight is 267 g/mol. The zero-order valence-electron chi connectivity index (χ0n) is 11.1. The first-order valence-electron chi connectivity index (χ1n) is 7.07. The van der Waals surface area contributed by atoms with Gasteiger partial charge in [-0.3, -0.25) is 0 Å². The van der Waals surface area contributed by atoms with E-state index in [1.165, 1.54) is 25.7 Å². The summed E-state index contributed by atoms with van der Waals surface area (Å²) >= 11 is 6.40. The molecule has 2 rings (SSSR count). The maximum absolute atomic E-state index is 6.40. The highest BCUT2D eigenvalue weighted by Crippen LogP contribution is 2.35. The molecule has 0 saturated heterocycles. The van der Waals surface area contributed by atoms with Crippen molar-refractivity contribution < 1.29 is 4.74 Å². The number of hydrogen-bond donors (Lipinski definition) is 0. The summed E-state index contributed by atoms with van der Waals surface area (Å²) in [5.41, 5.74) is 0. The van der Waals surface area contributed by atoms with Gasteiger partial charge in [0.15, 0.2) is 0 Å². The third-order valence-corrected chi connectivity index (χ3v) is 4.46. The van der Waals surface area contributed by atoms with E-state index in [0.717, 1.165) is 24.7 Å². The van der Waals surface area contributed by atoms with Crippen LogP contribution in [0, 0.1) is 11.8 Å². The van der Waals surface area contributed by atoms with E-state index in [4.69, 9.17) is 16.3 Å². The first kappa shape index (κ1) is 13.7. The Morgan fingerprint density at radius 1 is 1.22 bits per heavy atom. The SMILES string of the molecule is CC1CCC(Cl)C(CCCOc2ccccc2)C1. The minimum Gasteiger partial charge on any atom is -0.494 e. The van der Waals surface area contributed by atoms with Crippen LogP contribution in [0.4, 0.5) is 0 Å². The van der Waals surface area contributed by atoms with Gasteiger partial charge in [-0.05, 0) is 56.1 Å². The normalized spacial score (nSPS) is 28.0. The van der Waals surface area contributed by atoms with Gasteiger partial charge in [-0.15, -0.1) is 11.6 Å². The molecule has 0 bridgehead atoms. The van der Waals surface area contributed by atoms with Crippen molar-refractivity contribution >= 4 is 11.6 Å². The van der Waals surface area contributed by atoms with Crippen LogP contribution in [0.3, 0.4) is 0 Å². The molecule has 1 aliphatic rings. The van der Waals surface area contributed by atoms with Crippen LogP contribution in [-0.2, 0) is 0 Å². The molecule has 18 heavy (non-hydrogen) atoms. The van der Waals surface area contributed by atoms with Crippen LogP contribution in [0.1, 0.15) is 39.0 Å². The molecule has 0 amide bonds. The lowest BCUT2D eigenvalue weighted by Crippen LogP contribution is -2.24. The van der Waals surface area contributed by atoms with Crippen LogP contribution in [0.2, 0.25) is 0 Å². The van der Waals surface area contributed by atoms with Crippen molar-refractivity contribution in [3.63, 3.8) is 0 Å². The summed E-state index contributed by atoms with van der Waals surface area (Å²) in [5, 5.41) is 0.387. The zero-order chi connectivity index (χ0) is 12.8. The summed E-state index contributed by atoms with van der Waals surface area (Å²) in [6, 6.07) is 10.0. The molecule has 1 nitrogen and oxygen atoms in total. The quantitative estimate of drug-likeness (QED) is 0.545. The molecular weight excluding hydrogens is 244 g/mol. The van der Waals surface area contributed by atoms with Gasteiger partial charge in [-0.2, -0.15) is 0 Å². The molecule has 0 aromatic heterocycles. The summed E-state index contributed by atoms with van der Waals surface area (Å²) < 4.78 is 5.72. The van der Waals surface area contributed by atoms with Crippen LogP contribution in [-0.4, -0.2) is 12.0 Å². The van der Waals surface area contributed by atoms with Crippen LogP contribution < -0.4 is 4.74 Å². The Balaban J connectivity index is 1.66. The molecule has 3 unspecified atom stereocenters. The smallest absolute Gasteiger partial charge is 0.119 e. The molecule has 100 valence electrons. The van der Waals surface area contributed by atoms with Crippen molar-refractivity contribution in [2.75, 3.05) is 6.61 Å². The van der Waals surface area contributed by atoms with Crippen molar-refractivity contribution in [2.24, 2.45) is 11.8 Å². The van der Waals surface area contributed by atoms with Crippen molar-refractivity contribution in [1.29, 1.82) is 0 Å². The van der Waals surface area contributed by atoms with Crippen molar-refractivity contribution in [3.8, 4) is 5.75 Å². The lowest BCUT2D eigenvalue weighted by atomic mass is 9.80. The zero-order valence-corrected chi connectivity index (χ0v) is 11.9. The number of halogens is 1. The topological polar surface area (TPSA) is 9.23 Å². The van der Waals surface area contributed by atoms with Crippen molar-refractivity contribution in [3.05, 3.63) is 30.3 Å². The fourth-order valence-electron chi connectivity index (χ4n) is 2.81. The predicted octanol–water partition coefficient (Wildman–Crippen LogP) is 4.89. The molecule has 0 spiro atoms. The van der Waals surface area contributed by atoms with E-state index in [1.54, 1.807) is 0 Å². The van der Waals surface area contributed by atoms with Crippen LogP contribution >= 0.6 is 11.6 Å². The van der Waals surface area contributed by atoms with Gasteiger partial charge < -0.3 is 4.74 Å². The van der Waals surface area contributed by atoms with Gasteiger partial charge in [0.05, 0.1) is 6.61 Å². The van der Waals surface area contributed by atoms with Gasteiger partial charge in [0.2, 0.25) is 0 Å². The van der Waals surface area contributed by atoms with Gasteiger partial charge in [-0.1, -0.05) is 25.1 Å². The molecule has 0 N–H and O–H groups in total. The molecule has 3 atom stereocenters. The first-order chi connectivity index (χ1) is 8.75. The lowest BCUT2D eigenvalue weighted by molar-refractivity contribution is 0.243. The third kappa shape index (κ3) is 4.20. The van der Waals surface area contributed by atoms with Crippen LogP contribution in [0.25, 0.3) is 0 Å². The van der Waals surface area contributed by atoms with Gasteiger partial charge in [0, 0.05) is 5.38 Å². The summed E-state index contributed by atoms with van der Waals surface area (Å²) in [6.07, 6.45) is 6.08. The molecule has 1 aromatic rings. The Morgan fingerprint density at radius 2 is 2.00 bits per heavy atom. The van der Waals surface area contributed by atoms with E-state index >= 15 is 0 Å².